The summed E-state index contributed by atoms with van der Waals surface area (Å²) in [5.74, 6) is 5.87. The van der Waals surface area contributed by atoms with E-state index in [1.54, 1.807) is 0 Å². The number of hydrazine groups is 1. The number of fused-ring (bicyclic) bond motifs is 1. The summed E-state index contributed by atoms with van der Waals surface area (Å²) in [6, 6.07) is 7.07. The molecule has 0 radical (unpaired) electrons. The van der Waals surface area contributed by atoms with Crippen molar-refractivity contribution in [2.24, 2.45) is 5.84 Å². The fourth-order valence-electron chi connectivity index (χ4n) is 3.72. The number of hydrogen-bond acceptors (Lipinski definition) is 3. The van der Waals surface area contributed by atoms with Gasteiger partial charge in [-0.1, -0.05) is 32.0 Å². The Labute approximate surface area is 129 Å². The summed E-state index contributed by atoms with van der Waals surface area (Å²) >= 11 is 0. The van der Waals surface area contributed by atoms with Crippen LogP contribution in [0.2, 0.25) is 0 Å². The number of rotatable bonds is 8. The Morgan fingerprint density at radius 3 is 2.52 bits per heavy atom. The van der Waals surface area contributed by atoms with Crippen molar-refractivity contribution < 1.29 is 4.74 Å². The van der Waals surface area contributed by atoms with Crippen molar-refractivity contribution in [2.45, 2.75) is 70.9 Å². The molecule has 0 bridgehead atoms. The lowest BCUT2D eigenvalue weighted by molar-refractivity contribution is -0.0719. The highest BCUT2D eigenvalue weighted by Crippen LogP contribution is 2.29. The molecule has 0 heterocycles. The van der Waals surface area contributed by atoms with E-state index >= 15 is 0 Å². The van der Waals surface area contributed by atoms with Gasteiger partial charge in [-0.15, -0.1) is 0 Å². The summed E-state index contributed by atoms with van der Waals surface area (Å²) in [7, 11) is 0. The molecule has 118 valence electrons. The second kappa shape index (κ2) is 7.39. The first-order chi connectivity index (χ1) is 10.2. The van der Waals surface area contributed by atoms with Crippen molar-refractivity contribution in [1.29, 1.82) is 0 Å². The van der Waals surface area contributed by atoms with Gasteiger partial charge in [-0.05, 0) is 62.1 Å². The van der Waals surface area contributed by atoms with E-state index < -0.39 is 0 Å². The highest BCUT2D eigenvalue weighted by molar-refractivity contribution is 5.35. The summed E-state index contributed by atoms with van der Waals surface area (Å²) in [6.07, 6.45) is 6.62. The van der Waals surface area contributed by atoms with Gasteiger partial charge in [-0.3, -0.25) is 11.3 Å². The second-order valence-corrected chi connectivity index (χ2v) is 6.08. The first kappa shape index (κ1) is 16.5. The highest BCUT2D eigenvalue weighted by atomic mass is 16.5. The molecule has 1 aromatic carbocycles. The van der Waals surface area contributed by atoms with E-state index in [0.29, 0.717) is 0 Å². The minimum Gasteiger partial charge on any atom is -0.374 e. The van der Waals surface area contributed by atoms with Crippen LogP contribution in [0.15, 0.2) is 18.2 Å². The molecule has 1 unspecified atom stereocenters. The lowest BCUT2D eigenvalue weighted by Gasteiger charge is -2.39. The average Bonchev–Trinajstić information content (AvgIpc) is 2.98. The molecule has 0 aliphatic heterocycles. The molecular weight excluding hydrogens is 260 g/mol. The number of hydrogen-bond donors (Lipinski definition) is 2. The van der Waals surface area contributed by atoms with E-state index in [9.17, 15) is 0 Å². The van der Waals surface area contributed by atoms with Crippen LogP contribution in [0, 0.1) is 0 Å². The smallest absolute Gasteiger partial charge is 0.0846 e. The van der Waals surface area contributed by atoms with Crippen LogP contribution < -0.4 is 11.3 Å². The average molecular weight is 290 g/mol. The molecule has 0 aromatic heterocycles. The van der Waals surface area contributed by atoms with E-state index in [2.05, 4.69) is 44.4 Å². The molecule has 0 saturated heterocycles. The van der Waals surface area contributed by atoms with Crippen LogP contribution in [0.4, 0.5) is 0 Å². The lowest BCUT2D eigenvalue weighted by atomic mass is 9.84. The van der Waals surface area contributed by atoms with Crippen molar-refractivity contribution in [2.75, 3.05) is 6.61 Å². The summed E-state index contributed by atoms with van der Waals surface area (Å²) < 4.78 is 6.10. The third-order valence-corrected chi connectivity index (χ3v) is 5.07. The second-order valence-electron chi connectivity index (χ2n) is 6.08. The third kappa shape index (κ3) is 3.47. The van der Waals surface area contributed by atoms with Crippen LogP contribution in [0.1, 0.15) is 56.7 Å². The highest BCUT2D eigenvalue weighted by Gasteiger charge is 2.36. The molecule has 0 spiro atoms. The van der Waals surface area contributed by atoms with E-state index in [0.717, 1.165) is 25.9 Å². The van der Waals surface area contributed by atoms with Crippen LogP contribution >= 0.6 is 0 Å². The molecule has 0 fully saturated rings. The zero-order chi connectivity index (χ0) is 15.3. The van der Waals surface area contributed by atoms with Gasteiger partial charge in [0.2, 0.25) is 0 Å². The topological polar surface area (TPSA) is 47.3 Å². The maximum atomic E-state index is 6.10. The molecule has 1 aliphatic carbocycles. The Morgan fingerprint density at radius 2 is 1.90 bits per heavy atom. The first-order valence-corrected chi connectivity index (χ1v) is 8.39. The van der Waals surface area contributed by atoms with Crippen LogP contribution in [-0.4, -0.2) is 18.2 Å². The van der Waals surface area contributed by atoms with Crippen molar-refractivity contribution in [3.63, 3.8) is 0 Å². The van der Waals surface area contributed by atoms with Crippen LogP contribution in [-0.2, 0) is 24.0 Å². The van der Waals surface area contributed by atoms with Gasteiger partial charge in [-0.25, -0.2) is 0 Å². The van der Waals surface area contributed by atoms with E-state index in [-0.39, 0.29) is 11.6 Å². The zero-order valence-corrected chi connectivity index (χ0v) is 13.7. The molecule has 2 rings (SSSR count). The molecule has 1 aliphatic rings. The Morgan fingerprint density at radius 1 is 1.19 bits per heavy atom. The number of benzene rings is 1. The van der Waals surface area contributed by atoms with Gasteiger partial charge in [0.25, 0.3) is 0 Å². The predicted molar refractivity (Wildman–Crippen MR) is 88.2 cm³/mol. The van der Waals surface area contributed by atoms with Gasteiger partial charge in [0, 0.05) is 6.61 Å². The quantitative estimate of drug-likeness (QED) is 0.571. The van der Waals surface area contributed by atoms with E-state index in [4.69, 9.17) is 10.6 Å². The molecule has 21 heavy (non-hydrogen) atoms. The Kier molecular flexibility index (Phi) is 5.80. The normalized spacial score (nSPS) is 16.0. The molecular formula is C18H30N2O. The Balaban J connectivity index is 2.17. The third-order valence-electron chi connectivity index (χ3n) is 5.07. The predicted octanol–water partition coefficient (Wildman–Crippen LogP) is 3.15. The van der Waals surface area contributed by atoms with Crippen LogP contribution in [0.3, 0.4) is 0 Å². The van der Waals surface area contributed by atoms with Gasteiger partial charge >= 0.3 is 0 Å². The molecule has 3 N–H and O–H groups in total. The van der Waals surface area contributed by atoms with Gasteiger partial charge in [-0.2, -0.15) is 0 Å². The minimum atomic E-state index is -0.178. The van der Waals surface area contributed by atoms with E-state index in [1.165, 1.54) is 36.0 Å². The Hall–Kier alpha value is -0.900. The maximum Gasteiger partial charge on any atom is 0.0846 e. The van der Waals surface area contributed by atoms with Crippen molar-refractivity contribution in [3.8, 4) is 0 Å². The number of nitrogens with one attached hydrogen (secondary N) is 1. The molecule has 1 atom stereocenters. The van der Waals surface area contributed by atoms with Crippen LogP contribution in [0.25, 0.3) is 0 Å². The lowest BCUT2D eigenvalue weighted by Crippen LogP contribution is -2.55. The van der Waals surface area contributed by atoms with Crippen molar-refractivity contribution in [1.82, 2.24) is 5.43 Å². The summed E-state index contributed by atoms with van der Waals surface area (Å²) in [6.45, 7) is 7.16. The fourth-order valence-corrected chi connectivity index (χ4v) is 3.72. The summed E-state index contributed by atoms with van der Waals surface area (Å²) in [4.78, 5) is 0. The minimum absolute atomic E-state index is 0.145. The number of aryl methyl sites for hydroxylation is 2. The standard InChI is InChI=1S/C18H30N2O/c1-4-18(5-2,21-6-3)17(20-19)13-14-10-11-15-8-7-9-16(15)12-14/h10-12,17,20H,4-9,13,19H2,1-3H3. The number of ether oxygens (including phenoxy) is 1. The van der Waals surface area contributed by atoms with Gasteiger partial charge in [0.05, 0.1) is 11.6 Å². The number of nitrogens with two attached hydrogens (primary N) is 1. The van der Waals surface area contributed by atoms with Crippen LogP contribution in [0.5, 0.6) is 0 Å². The van der Waals surface area contributed by atoms with Gasteiger partial charge < -0.3 is 4.74 Å². The maximum absolute atomic E-state index is 6.10. The molecule has 0 amide bonds. The first-order valence-electron chi connectivity index (χ1n) is 8.39. The molecule has 3 heteroatoms. The SMILES string of the molecule is CCOC(CC)(CC)C(Cc1ccc2c(c1)CCC2)NN. The Bertz CT molecular complexity index is 455. The summed E-state index contributed by atoms with van der Waals surface area (Å²) in [5.41, 5.74) is 7.26. The summed E-state index contributed by atoms with van der Waals surface area (Å²) in [5, 5.41) is 0. The molecule has 0 saturated carbocycles. The molecule has 3 nitrogen and oxygen atoms in total. The van der Waals surface area contributed by atoms with Crippen molar-refractivity contribution >= 4 is 0 Å². The largest absolute Gasteiger partial charge is 0.374 e. The van der Waals surface area contributed by atoms with Gasteiger partial charge in [0.1, 0.15) is 0 Å². The monoisotopic (exact) mass is 290 g/mol. The van der Waals surface area contributed by atoms with E-state index in [1.807, 2.05) is 0 Å². The fraction of sp³-hybridized carbons (Fsp3) is 0.667. The molecule has 1 aromatic rings. The zero-order valence-electron chi connectivity index (χ0n) is 13.7. The van der Waals surface area contributed by atoms with Gasteiger partial charge in [0.15, 0.2) is 0 Å². The van der Waals surface area contributed by atoms with Crippen molar-refractivity contribution in [3.05, 3.63) is 34.9 Å².